The lowest BCUT2D eigenvalue weighted by Gasteiger charge is -2.51. The van der Waals surface area contributed by atoms with Gasteiger partial charge in [0.05, 0.1) is 0 Å². The summed E-state index contributed by atoms with van der Waals surface area (Å²) in [5.41, 5.74) is 1.98. The van der Waals surface area contributed by atoms with E-state index >= 15 is 0 Å². The second kappa shape index (κ2) is 13.5. The lowest BCUT2D eigenvalue weighted by Crippen LogP contribution is -2.66. The minimum absolute atomic E-state index is 0.143. The maximum absolute atomic E-state index is 14.1. The van der Waals surface area contributed by atoms with E-state index in [9.17, 15) is 9.59 Å². The Labute approximate surface area is 301 Å². The predicted octanol–water partition coefficient (Wildman–Crippen LogP) is 7.68. The highest BCUT2D eigenvalue weighted by atomic mass is 16.5. The first-order valence-corrected chi connectivity index (χ1v) is 17.6. The molecule has 2 saturated heterocycles. The van der Waals surface area contributed by atoms with E-state index in [2.05, 4.69) is 48.5 Å². The lowest BCUT2D eigenvalue weighted by atomic mass is 9.86. The van der Waals surface area contributed by atoms with Gasteiger partial charge in [-0.1, -0.05) is 109 Å². The van der Waals surface area contributed by atoms with Crippen LogP contribution < -0.4 is 18.9 Å². The molecule has 0 radical (unpaired) electrons. The molecule has 0 saturated carbocycles. The van der Waals surface area contributed by atoms with Gasteiger partial charge < -0.3 is 28.7 Å². The summed E-state index contributed by atoms with van der Waals surface area (Å²) >= 11 is 0. The topological polar surface area (TPSA) is 77.5 Å². The van der Waals surface area contributed by atoms with E-state index < -0.39 is 12.2 Å². The van der Waals surface area contributed by atoms with Crippen LogP contribution in [0.15, 0.2) is 146 Å². The van der Waals surface area contributed by atoms with Crippen LogP contribution in [0.25, 0.3) is 21.5 Å². The highest BCUT2D eigenvalue weighted by Crippen LogP contribution is 2.45. The standard InChI is InChI=1S/C44H36N2O6/c47-43-41-39(33-19-11-15-29-13-1-3-17-31(29)33)45(43)25-26-46-40(34-20-12-16-30-14-2-4-18-32(30)34)42(44(46)48)52-38-24-8-6-22-36(38)50-28-10-9-27-49-35-21-5-7-23-37(35)51-41/h1-24,39-42H,25-28H2/b10-9-/t39-,40+,41+,42-. The van der Waals surface area contributed by atoms with Gasteiger partial charge >= 0.3 is 0 Å². The average molecular weight is 689 g/mol. The van der Waals surface area contributed by atoms with E-state index in [1.54, 1.807) is 0 Å². The minimum Gasteiger partial charge on any atom is -0.486 e. The molecule has 11 rings (SSSR count). The summed E-state index contributed by atoms with van der Waals surface area (Å²) in [5, 5.41) is 4.25. The van der Waals surface area contributed by atoms with Crippen molar-refractivity contribution in [3.05, 3.63) is 157 Å². The van der Waals surface area contributed by atoms with Gasteiger partial charge in [0.15, 0.2) is 23.0 Å². The Bertz CT molecular complexity index is 2160. The Morgan fingerprint density at radius 2 is 0.827 bits per heavy atom. The third-order valence-corrected chi connectivity index (χ3v) is 10.2. The number of benzene rings is 6. The number of carbonyl (C=O) groups excluding carboxylic acids is 2. The molecule has 0 aromatic heterocycles. The number of amides is 2. The summed E-state index contributed by atoms with van der Waals surface area (Å²) < 4.78 is 25.3. The van der Waals surface area contributed by atoms with E-state index in [1.165, 1.54) is 0 Å². The zero-order chi connectivity index (χ0) is 35.0. The van der Waals surface area contributed by atoms with Crippen LogP contribution in [0, 0.1) is 0 Å². The molecular weight excluding hydrogens is 652 g/mol. The Balaban J connectivity index is 1.12. The molecule has 6 aromatic carbocycles. The van der Waals surface area contributed by atoms with E-state index in [-0.39, 0.29) is 37.1 Å². The van der Waals surface area contributed by atoms with Crippen molar-refractivity contribution in [2.75, 3.05) is 26.3 Å². The lowest BCUT2D eigenvalue weighted by molar-refractivity contribution is -0.172. The van der Waals surface area contributed by atoms with Crippen LogP contribution >= 0.6 is 0 Å². The van der Waals surface area contributed by atoms with Gasteiger partial charge in [0.1, 0.15) is 25.3 Å². The molecule has 5 heterocycles. The van der Waals surface area contributed by atoms with Crippen LogP contribution in [0.4, 0.5) is 0 Å². The van der Waals surface area contributed by atoms with Crippen LogP contribution in [-0.2, 0) is 9.59 Å². The zero-order valence-electron chi connectivity index (χ0n) is 28.3. The molecule has 6 aromatic rings. The number of β-lactam (4-membered cyclic amide) rings is 2. The molecule has 0 aliphatic carbocycles. The molecule has 2 amide bonds. The molecule has 8 nitrogen and oxygen atoms in total. The summed E-state index contributed by atoms with van der Waals surface area (Å²) in [6.07, 6.45) is 2.19. The number of hydrogen-bond donors (Lipinski definition) is 0. The molecule has 4 atom stereocenters. The molecule has 5 aliphatic heterocycles. The first-order valence-electron chi connectivity index (χ1n) is 17.6. The van der Waals surface area contributed by atoms with Crippen molar-refractivity contribution in [3.63, 3.8) is 0 Å². The Kier molecular flexibility index (Phi) is 8.20. The van der Waals surface area contributed by atoms with Gasteiger partial charge in [-0.3, -0.25) is 9.59 Å². The molecule has 0 spiro atoms. The van der Waals surface area contributed by atoms with Crippen molar-refractivity contribution in [2.45, 2.75) is 24.3 Å². The van der Waals surface area contributed by atoms with E-state index in [0.717, 1.165) is 32.7 Å². The zero-order valence-corrected chi connectivity index (χ0v) is 28.3. The van der Waals surface area contributed by atoms with Crippen molar-refractivity contribution in [1.82, 2.24) is 9.80 Å². The van der Waals surface area contributed by atoms with Gasteiger partial charge in [-0.05, 0) is 69.1 Å². The average Bonchev–Trinajstić information content (AvgIpc) is 3.19. The molecule has 258 valence electrons. The highest BCUT2D eigenvalue weighted by molar-refractivity contribution is 5.95. The van der Waals surface area contributed by atoms with E-state index in [1.807, 2.05) is 107 Å². The van der Waals surface area contributed by atoms with Crippen molar-refractivity contribution >= 4 is 33.4 Å². The van der Waals surface area contributed by atoms with Gasteiger partial charge in [0.25, 0.3) is 11.8 Å². The summed E-state index contributed by atoms with van der Waals surface area (Å²) in [6.45, 7) is 1.18. The van der Waals surface area contributed by atoms with Gasteiger partial charge in [0, 0.05) is 13.1 Å². The van der Waals surface area contributed by atoms with Crippen LogP contribution in [0.2, 0.25) is 0 Å². The third kappa shape index (κ3) is 5.57. The second-order valence-electron chi connectivity index (χ2n) is 13.2. The Morgan fingerprint density at radius 3 is 1.29 bits per heavy atom. The van der Waals surface area contributed by atoms with Crippen molar-refractivity contribution in [3.8, 4) is 23.0 Å². The normalized spacial score (nSPS) is 22.3. The first-order chi connectivity index (χ1) is 25.7. The maximum atomic E-state index is 14.1. The first kappa shape index (κ1) is 31.7. The molecule has 52 heavy (non-hydrogen) atoms. The van der Waals surface area contributed by atoms with Crippen molar-refractivity contribution in [1.29, 1.82) is 0 Å². The van der Waals surface area contributed by atoms with E-state index in [0.29, 0.717) is 36.1 Å². The summed E-state index contributed by atoms with van der Waals surface area (Å²) in [4.78, 5) is 32.0. The molecular formula is C44H36N2O6. The Morgan fingerprint density at radius 1 is 0.442 bits per heavy atom. The summed E-state index contributed by atoms with van der Waals surface area (Å²) in [7, 11) is 0. The van der Waals surface area contributed by atoms with Crippen LogP contribution in [-0.4, -0.2) is 60.1 Å². The number of hydrogen-bond acceptors (Lipinski definition) is 6. The van der Waals surface area contributed by atoms with Crippen LogP contribution in [0.1, 0.15) is 23.2 Å². The van der Waals surface area contributed by atoms with Crippen molar-refractivity contribution in [2.24, 2.45) is 0 Å². The molecule has 5 aliphatic rings. The fraction of sp³-hybridized carbons (Fsp3) is 0.182. The molecule has 0 unspecified atom stereocenters. The van der Waals surface area contributed by atoms with E-state index in [4.69, 9.17) is 18.9 Å². The SMILES string of the molecule is O=C1[C@H]2Oc3ccccc3OC/C=C\COc3ccccc3O[C@H]3C(=O)N(CCN1[C@@H]2c1cccc2ccccc12)[C@H]3c1cccc2ccccc12. The maximum Gasteiger partial charge on any atom is 0.266 e. The number of nitrogens with zero attached hydrogens (tertiary/aromatic N) is 2. The van der Waals surface area contributed by atoms with Crippen molar-refractivity contribution < 1.29 is 28.5 Å². The highest BCUT2D eigenvalue weighted by Gasteiger charge is 2.54. The molecule has 2 fully saturated rings. The summed E-state index contributed by atoms with van der Waals surface area (Å²) in [6, 6.07) is 42.7. The number of rotatable bonds is 2. The smallest absolute Gasteiger partial charge is 0.266 e. The van der Waals surface area contributed by atoms with Crippen LogP contribution in [0.3, 0.4) is 0 Å². The summed E-state index contributed by atoms with van der Waals surface area (Å²) in [5.74, 6) is 1.78. The number of fused-ring (bicyclic) bond motifs is 2. The predicted molar refractivity (Wildman–Crippen MR) is 199 cm³/mol. The fourth-order valence-electron chi connectivity index (χ4n) is 7.68. The minimum atomic E-state index is -0.779. The van der Waals surface area contributed by atoms with Gasteiger partial charge in [0.2, 0.25) is 12.2 Å². The molecule has 4 bridgehead atoms. The Hall–Kier alpha value is -6.28. The van der Waals surface area contributed by atoms with Gasteiger partial charge in [-0.25, -0.2) is 0 Å². The second-order valence-corrected chi connectivity index (χ2v) is 13.2. The van der Waals surface area contributed by atoms with Gasteiger partial charge in [-0.2, -0.15) is 0 Å². The number of para-hydroxylation sites is 4. The number of ether oxygens (including phenoxy) is 4. The number of carbonyl (C=O) groups is 2. The third-order valence-electron chi connectivity index (χ3n) is 10.2. The molecule has 0 N–H and O–H groups in total. The van der Waals surface area contributed by atoms with Gasteiger partial charge in [-0.15, -0.1) is 0 Å². The quantitative estimate of drug-likeness (QED) is 0.137. The fourth-order valence-corrected chi connectivity index (χ4v) is 7.68. The largest absolute Gasteiger partial charge is 0.486 e. The molecule has 8 heteroatoms. The van der Waals surface area contributed by atoms with Crippen LogP contribution in [0.5, 0.6) is 23.0 Å². The monoisotopic (exact) mass is 688 g/mol.